The summed E-state index contributed by atoms with van der Waals surface area (Å²) in [6.07, 6.45) is 2.40. The summed E-state index contributed by atoms with van der Waals surface area (Å²) in [6, 6.07) is 11.9. The second-order valence-electron chi connectivity index (χ2n) is 4.42. The van der Waals surface area contributed by atoms with Gasteiger partial charge in [0, 0.05) is 16.6 Å². The highest BCUT2D eigenvalue weighted by Gasteiger charge is 2.23. The van der Waals surface area contributed by atoms with Gasteiger partial charge >= 0.3 is 0 Å². The fraction of sp³-hybridized carbons (Fsp3) is 0.214. The van der Waals surface area contributed by atoms with Gasteiger partial charge in [-0.2, -0.15) is 0 Å². The number of furan rings is 1. The lowest BCUT2D eigenvalue weighted by Gasteiger charge is -2.02. The van der Waals surface area contributed by atoms with Crippen LogP contribution in [0.5, 0.6) is 0 Å². The molecule has 1 aliphatic rings. The van der Waals surface area contributed by atoms with E-state index >= 15 is 0 Å². The zero-order valence-corrected chi connectivity index (χ0v) is 11.2. The minimum atomic E-state index is 0.543. The van der Waals surface area contributed by atoms with Crippen LogP contribution >= 0.6 is 23.8 Å². The lowest BCUT2D eigenvalue weighted by Crippen LogP contribution is -2.23. The Hall–Kier alpha value is -1.32. The summed E-state index contributed by atoms with van der Waals surface area (Å²) >= 11 is 11.2. The molecule has 2 aromatic rings. The second kappa shape index (κ2) is 4.75. The van der Waals surface area contributed by atoms with E-state index in [0.717, 1.165) is 22.1 Å². The maximum Gasteiger partial charge on any atom is 0.161 e. The number of hydrogen-bond donors (Lipinski definition) is 1. The molecular formula is C14H12ClNOS. The van der Waals surface area contributed by atoms with Crippen LogP contribution in [0.1, 0.15) is 18.6 Å². The van der Waals surface area contributed by atoms with Gasteiger partial charge in [0.15, 0.2) is 5.76 Å². The molecule has 0 atom stereocenters. The summed E-state index contributed by atoms with van der Waals surface area (Å²) < 4.78 is 5.75. The Bertz CT molecular complexity index is 572. The number of rotatable bonds is 3. The highest BCUT2D eigenvalue weighted by molar-refractivity contribution is 7.80. The first-order valence-corrected chi connectivity index (χ1v) is 6.67. The molecule has 0 bridgehead atoms. The van der Waals surface area contributed by atoms with Crippen molar-refractivity contribution in [2.24, 2.45) is 0 Å². The molecule has 0 unspecified atom stereocenters. The summed E-state index contributed by atoms with van der Waals surface area (Å²) in [5, 5.41) is 3.98. The molecule has 2 nitrogen and oxygen atoms in total. The van der Waals surface area contributed by atoms with Crippen LogP contribution in [0.3, 0.4) is 0 Å². The monoisotopic (exact) mass is 277 g/mol. The zero-order chi connectivity index (χ0) is 12.5. The Morgan fingerprint density at radius 3 is 2.56 bits per heavy atom. The third kappa shape index (κ3) is 2.57. The van der Waals surface area contributed by atoms with Gasteiger partial charge in [0.1, 0.15) is 10.7 Å². The molecule has 1 aromatic carbocycles. The van der Waals surface area contributed by atoms with Crippen LogP contribution in [-0.2, 0) is 0 Å². The summed E-state index contributed by atoms with van der Waals surface area (Å²) in [5.41, 5.74) is 1.000. The number of nitrogens with one attached hydrogen (secondary N) is 1. The highest BCUT2D eigenvalue weighted by atomic mass is 35.5. The third-order valence-electron chi connectivity index (χ3n) is 2.87. The van der Waals surface area contributed by atoms with Crippen LogP contribution in [0.4, 0.5) is 0 Å². The number of halogens is 1. The van der Waals surface area contributed by atoms with E-state index < -0.39 is 0 Å². The smallest absolute Gasteiger partial charge is 0.161 e. The Kier molecular flexibility index (Phi) is 3.10. The molecular weight excluding hydrogens is 266 g/mol. The molecule has 3 rings (SSSR count). The molecule has 1 heterocycles. The molecule has 1 fully saturated rings. The van der Waals surface area contributed by atoms with Crippen LogP contribution in [0.2, 0.25) is 5.02 Å². The van der Waals surface area contributed by atoms with Crippen LogP contribution in [-0.4, -0.2) is 11.0 Å². The van der Waals surface area contributed by atoms with Crippen molar-refractivity contribution in [3.8, 4) is 11.3 Å². The third-order valence-corrected chi connectivity index (χ3v) is 3.44. The van der Waals surface area contributed by atoms with Crippen molar-refractivity contribution in [2.75, 3.05) is 0 Å². The standard InChI is InChI=1S/C14H12ClNOS/c15-10-3-1-9(2-4-10)12-7-8-13(17-12)14(18)16-11-5-6-11/h1-4,7-8,11H,5-6H2,(H,16,18). The molecule has 1 aliphatic carbocycles. The van der Waals surface area contributed by atoms with Gasteiger partial charge in [0.2, 0.25) is 0 Å². The number of benzene rings is 1. The van der Waals surface area contributed by atoms with Gasteiger partial charge in [-0.15, -0.1) is 0 Å². The van der Waals surface area contributed by atoms with E-state index in [-0.39, 0.29) is 0 Å². The van der Waals surface area contributed by atoms with E-state index in [1.807, 2.05) is 36.4 Å². The number of hydrogen-bond acceptors (Lipinski definition) is 2. The Morgan fingerprint density at radius 1 is 1.17 bits per heavy atom. The van der Waals surface area contributed by atoms with Gasteiger partial charge in [-0.3, -0.25) is 0 Å². The minimum Gasteiger partial charge on any atom is -0.454 e. The van der Waals surface area contributed by atoms with Crippen molar-refractivity contribution in [2.45, 2.75) is 18.9 Å². The van der Waals surface area contributed by atoms with Crippen LogP contribution < -0.4 is 5.32 Å². The molecule has 1 aromatic heterocycles. The first-order chi connectivity index (χ1) is 8.72. The van der Waals surface area contributed by atoms with Gasteiger partial charge in [-0.05, 0) is 49.2 Å². The lowest BCUT2D eigenvalue weighted by atomic mass is 10.2. The average Bonchev–Trinajstić information content (AvgIpc) is 3.04. The van der Waals surface area contributed by atoms with Crippen LogP contribution in [0.15, 0.2) is 40.8 Å². The second-order valence-corrected chi connectivity index (χ2v) is 5.26. The van der Waals surface area contributed by atoms with Crippen molar-refractivity contribution >= 4 is 28.8 Å². The van der Waals surface area contributed by atoms with E-state index in [2.05, 4.69) is 5.32 Å². The lowest BCUT2D eigenvalue weighted by molar-refractivity contribution is 0.570. The maximum atomic E-state index is 5.86. The summed E-state index contributed by atoms with van der Waals surface area (Å²) in [7, 11) is 0. The molecule has 0 saturated heterocycles. The quantitative estimate of drug-likeness (QED) is 0.858. The molecule has 0 radical (unpaired) electrons. The summed E-state index contributed by atoms with van der Waals surface area (Å²) in [5.74, 6) is 1.53. The summed E-state index contributed by atoms with van der Waals surface area (Å²) in [6.45, 7) is 0. The normalized spacial score (nSPS) is 14.5. The van der Waals surface area contributed by atoms with E-state index in [1.165, 1.54) is 12.8 Å². The SMILES string of the molecule is S=C(NC1CC1)c1ccc(-c2ccc(Cl)cc2)o1. The summed E-state index contributed by atoms with van der Waals surface area (Å²) in [4.78, 5) is 0.692. The van der Waals surface area contributed by atoms with E-state index in [4.69, 9.17) is 28.2 Å². The molecule has 0 amide bonds. The molecule has 18 heavy (non-hydrogen) atoms. The predicted octanol–water partition coefficient (Wildman–Crippen LogP) is 4.03. The van der Waals surface area contributed by atoms with E-state index in [1.54, 1.807) is 0 Å². The van der Waals surface area contributed by atoms with Gasteiger partial charge in [0.25, 0.3) is 0 Å². The Balaban J connectivity index is 1.79. The minimum absolute atomic E-state index is 0.543. The van der Waals surface area contributed by atoms with Crippen molar-refractivity contribution in [1.82, 2.24) is 5.32 Å². The van der Waals surface area contributed by atoms with E-state index in [0.29, 0.717) is 11.0 Å². The Labute approximate surface area is 116 Å². The molecule has 4 heteroatoms. The van der Waals surface area contributed by atoms with Crippen molar-refractivity contribution in [3.05, 3.63) is 47.2 Å². The molecule has 1 saturated carbocycles. The van der Waals surface area contributed by atoms with Gasteiger partial charge < -0.3 is 9.73 Å². The van der Waals surface area contributed by atoms with Gasteiger partial charge in [0.05, 0.1) is 0 Å². The first-order valence-electron chi connectivity index (χ1n) is 5.89. The van der Waals surface area contributed by atoms with Crippen molar-refractivity contribution in [1.29, 1.82) is 0 Å². The zero-order valence-electron chi connectivity index (χ0n) is 9.65. The van der Waals surface area contributed by atoms with Crippen LogP contribution in [0, 0.1) is 0 Å². The largest absolute Gasteiger partial charge is 0.454 e. The van der Waals surface area contributed by atoms with Crippen molar-refractivity contribution in [3.63, 3.8) is 0 Å². The molecule has 0 aliphatic heterocycles. The van der Waals surface area contributed by atoms with Crippen molar-refractivity contribution < 1.29 is 4.42 Å². The fourth-order valence-corrected chi connectivity index (χ4v) is 2.12. The van der Waals surface area contributed by atoms with E-state index in [9.17, 15) is 0 Å². The molecule has 1 N–H and O–H groups in total. The highest BCUT2D eigenvalue weighted by Crippen LogP contribution is 2.25. The van der Waals surface area contributed by atoms with Gasteiger partial charge in [-0.25, -0.2) is 0 Å². The van der Waals surface area contributed by atoms with Gasteiger partial charge in [-0.1, -0.05) is 23.8 Å². The molecule has 0 spiro atoms. The topological polar surface area (TPSA) is 25.2 Å². The Morgan fingerprint density at radius 2 is 1.89 bits per heavy atom. The van der Waals surface area contributed by atoms with Crippen LogP contribution in [0.25, 0.3) is 11.3 Å². The maximum absolute atomic E-state index is 5.86. The first kappa shape index (κ1) is 11.8. The average molecular weight is 278 g/mol. The number of thiocarbonyl (C=S) groups is 1. The predicted molar refractivity (Wildman–Crippen MR) is 77.0 cm³/mol. The fourth-order valence-electron chi connectivity index (χ4n) is 1.71. The molecule has 92 valence electrons.